The van der Waals surface area contributed by atoms with E-state index in [0.717, 1.165) is 17.0 Å². The zero-order valence-corrected chi connectivity index (χ0v) is 11.8. The summed E-state index contributed by atoms with van der Waals surface area (Å²) in [7, 11) is 0. The highest BCUT2D eigenvalue weighted by Gasteiger charge is 2.30. The molecule has 0 aliphatic rings. The summed E-state index contributed by atoms with van der Waals surface area (Å²) in [6, 6.07) is 7.84. The molecule has 0 aliphatic heterocycles. The third-order valence-corrected chi connectivity index (χ3v) is 3.12. The van der Waals surface area contributed by atoms with E-state index in [0.29, 0.717) is 0 Å². The Morgan fingerprint density at radius 2 is 1.67 bits per heavy atom. The molecule has 0 N–H and O–H groups in total. The SMILES string of the molecule is CC(C)(S)CC(C)(S)c1ccccc1Cl. The smallest absolute Gasteiger partial charge is 0.0451 e. The van der Waals surface area contributed by atoms with Crippen molar-refractivity contribution in [1.29, 1.82) is 0 Å². The minimum atomic E-state index is -0.246. The van der Waals surface area contributed by atoms with Crippen LogP contribution in [0.2, 0.25) is 5.02 Å². The van der Waals surface area contributed by atoms with Gasteiger partial charge in [0.15, 0.2) is 0 Å². The molecule has 84 valence electrons. The molecule has 0 aliphatic carbocycles. The van der Waals surface area contributed by atoms with E-state index < -0.39 is 0 Å². The van der Waals surface area contributed by atoms with Gasteiger partial charge in [-0.15, -0.1) is 0 Å². The van der Waals surface area contributed by atoms with Gasteiger partial charge in [-0.3, -0.25) is 0 Å². The Kier molecular flexibility index (Phi) is 4.07. The maximum atomic E-state index is 6.16. The van der Waals surface area contributed by atoms with Crippen LogP contribution in [0.4, 0.5) is 0 Å². The summed E-state index contributed by atoms with van der Waals surface area (Å²) in [6.45, 7) is 6.25. The molecule has 0 heterocycles. The third kappa shape index (κ3) is 3.93. The van der Waals surface area contributed by atoms with Gasteiger partial charge in [0.2, 0.25) is 0 Å². The second-order valence-electron chi connectivity index (χ2n) is 4.74. The Morgan fingerprint density at radius 3 is 2.13 bits per heavy atom. The highest BCUT2D eigenvalue weighted by Crippen LogP contribution is 2.41. The lowest BCUT2D eigenvalue weighted by atomic mass is 9.90. The van der Waals surface area contributed by atoms with Gasteiger partial charge in [0.25, 0.3) is 0 Å². The molecule has 0 bridgehead atoms. The summed E-state index contributed by atoms with van der Waals surface area (Å²) in [5, 5.41) is 0.771. The molecule has 1 atom stereocenters. The summed E-state index contributed by atoms with van der Waals surface area (Å²) < 4.78 is -0.306. The Hall–Kier alpha value is 0.210. The van der Waals surface area contributed by atoms with E-state index in [1.165, 1.54) is 0 Å². The minimum Gasteiger partial charge on any atom is -0.173 e. The van der Waals surface area contributed by atoms with Gasteiger partial charge in [-0.1, -0.05) is 43.6 Å². The molecule has 0 nitrogen and oxygen atoms in total. The highest BCUT2D eigenvalue weighted by atomic mass is 35.5. The molecular weight excluding hydrogens is 244 g/mol. The monoisotopic (exact) mass is 260 g/mol. The normalized spacial score (nSPS) is 16.1. The maximum Gasteiger partial charge on any atom is 0.0451 e. The van der Waals surface area contributed by atoms with Crippen molar-refractivity contribution in [2.75, 3.05) is 0 Å². The zero-order valence-electron chi connectivity index (χ0n) is 9.29. The van der Waals surface area contributed by atoms with Crippen LogP contribution in [0.5, 0.6) is 0 Å². The minimum absolute atomic E-state index is 0.0599. The van der Waals surface area contributed by atoms with Crippen LogP contribution < -0.4 is 0 Å². The Bertz CT molecular complexity index is 340. The van der Waals surface area contributed by atoms with Crippen LogP contribution >= 0.6 is 36.9 Å². The molecule has 3 heteroatoms. The zero-order chi connectivity index (χ0) is 11.7. The van der Waals surface area contributed by atoms with Gasteiger partial charge < -0.3 is 0 Å². The average Bonchev–Trinajstić information content (AvgIpc) is 1.99. The van der Waals surface area contributed by atoms with Crippen molar-refractivity contribution in [1.82, 2.24) is 0 Å². The molecule has 0 saturated carbocycles. The third-order valence-electron chi connectivity index (χ3n) is 2.23. The molecule has 1 aromatic rings. The number of rotatable bonds is 3. The summed E-state index contributed by atoms with van der Waals surface area (Å²) in [5.41, 5.74) is 1.07. The van der Waals surface area contributed by atoms with Crippen molar-refractivity contribution in [2.45, 2.75) is 36.7 Å². The van der Waals surface area contributed by atoms with Crippen LogP contribution in [0.15, 0.2) is 24.3 Å². The van der Waals surface area contributed by atoms with E-state index in [1.54, 1.807) is 0 Å². The highest BCUT2D eigenvalue weighted by molar-refractivity contribution is 7.82. The lowest BCUT2D eigenvalue weighted by molar-refractivity contribution is 0.533. The second kappa shape index (κ2) is 4.60. The summed E-state index contributed by atoms with van der Waals surface area (Å²) >= 11 is 15.4. The first-order chi connectivity index (χ1) is 6.72. The molecule has 0 spiro atoms. The Morgan fingerprint density at radius 1 is 1.13 bits per heavy atom. The van der Waals surface area contributed by atoms with E-state index >= 15 is 0 Å². The van der Waals surface area contributed by atoms with Crippen LogP contribution in [0.25, 0.3) is 0 Å². The number of halogens is 1. The predicted molar refractivity (Wildman–Crippen MR) is 75.5 cm³/mol. The van der Waals surface area contributed by atoms with E-state index in [2.05, 4.69) is 33.4 Å². The van der Waals surface area contributed by atoms with Gasteiger partial charge in [0.1, 0.15) is 0 Å². The standard InChI is InChI=1S/C12H17ClS2/c1-11(2,14)8-12(3,15)9-6-4-5-7-10(9)13/h4-7,14-15H,8H2,1-3H3. The van der Waals surface area contributed by atoms with E-state index in [1.807, 2.05) is 24.3 Å². The van der Waals surface area contributed by atoms with Crippen LogP contribution in [-0.2, 0) is 4.75 Å². The van der Waals surface area contributed by atoms with Crippen molar-refractivity contribution < 1.29 is 0 Å². The van der Waals surface area contributed by atoms with E-state index in [9.17, 15) is 0 Å². The summed E-state index contributed by atoms with van der Waals surface area (Å²) in [6.07, 6.45) is 0.857. The summed E-state index contributed by atoms with van der Waals surface area (Å²) in [4.78, 5) is 0. The molecule has 1 unspecified atom stereocenters. The van der Waals surface area contributed by atoms with Crippen molar-refractivity contribution in [3.05, 3.63) is 34.9 Å². The Balaban J connectivity index is 3.01. The fourth-order valence-electron chi connectivity index (χ4n) is 1.84. The van der Waals surface area contributed by atoms with Crippen LogP contribution in [-0.4, -0.2) is 4.75 Å². The second-order valence-corrected chi connectivity index (χ2v) is 7.35. The summed E-state index contributed by atoms with van der Waals surface area (Å²) in [5.74, 6) is 0. The predicted octanol–water partition coefficient (Wildman–Crippen LogP) is 4.58. The van der Waals surface area contributed by atoms with Crippen LogP contribution in [0.1, 0.15) is 32.8 Å². The molecular formula is C12H17ClS2. The lowest BCUT2D eigenvalue weighted by Crippen LogP contribution is -2.25. The molecule has 0 radical (unpaired) electrons. The number of benzene rings is 1. The molecule has 0 fully saturated rings. The van der Waals surface area contributed by atoms with Gasteiger partial charge in [-0.05, 0) is 25.0 Å². The van der Waals surface area contributed by atoms with E-state index in [-0.39, 0.29) is 9.49 Å². The molecule has 0 saturated heterocycles. The first-order valence-corrected chi connectivity index (χ1v) is 6.19. The van der Waals surface area contributed by atoms with E-state index in [4.69, 9.17) is 24.2 Å². The molecule has 0 aromatic heterocycles. The number of hydrogen-bond acceptors (Lipinski definition) is 2. The molecule has 15 heavy (non-hydrogen) atoms. The molecule has 1 rings (SSSR count). The maximum absolute atomic E-state index is 6.16. The quantitative estimate of drug-likeness (QED) is 0.730. The van der Waals surface area contributed by atoms with Crippen molar-refractivity contribution in [2.24, 2.45) is 0 Å². The van der Waals surface area contributed by atoms with Crippen molar-refractivity contribution in [3.63, 3.8) is 0 Å². The molecule has 1 aromatic carbocycles. The van der Waals surface area contributed by atoms with Crippen molar-refractivity contribution in [3.8, 4) is 0 Å². The first-order valence-electron chi connectivity index (χ1n) is 4.92. The average molecular weight is 261 g/mol. The number of hydrogen-bond donors (Lipinski definition) is 2. The van der Waals surface area contributed by atoms with Crippen LogP contribution in [0, 0.1) is 0 Å². The van der Waals surface area contributed by atoms with Crippen LogP contribution in [0.3, 0.4) is 0 Å². The lowest BCUT2D eigenvalue weighted by Gasteiger charge is -2.32. The van der Waals surface area contributed by atoms with Gasteiger partial charge in [0.05, 0.1) is 0 Å². The molecule has 0 amide bonds. The fraction of sp³-hybridized carbons (Fsp3) is 0.500. The Labute approximate surface area is 108 Å². The number of thiol groups is 2. The fourth-order valence-corrected chi connectivity index (χ4v) is 3.28. The van der Waals surface area contributed by atoms with Gasteiger partial charge >= 0.3 is 0 Å². The van der Waals surface area contributed by atoms with Gasteiger partial charge in [0, 0.05) is 14.5 Å². The topological polar surface area (TPSA) is 0 Å². The van der Waals surface area contributed by atoms with Gasteiger partial charge in [-0.2, -0.15) is 25.3 Å². The first kappa shape index (κ1) is 13.3. The van der Waals surface area contributed by atoms with Crippen molar-refractivity contribution >= 4 is 36.9 Å². The largest absolute Gasteiger partial charge is 0.173 e. The van der Waals surface area contributed by atoms with Gasteiger partial charge in [-0.25, -0.2) is 0 Å².